The summed E-state index contributed by atoms with van der Waals surface area (Å²) in [4.78, 5) is 2.64. The lowest BCUT2D eigenvalue weighted by Gasteiger charge is -2.08. The van der Waals surface area contributed by atoms with Crippen LogP contribution in [0.1, 0.15) is 9.75 Å². The van der Waals surface area contributed by atoms with E-state index in [-0.39, 0.29) is 16.7 Å². The monoisotopic (exact) mass is 303 g/mol. The Morgan fingerprint density at radius 3 is 2.32 bits per heavy atom. The summed E-state index contributed by atoms with van der Waals surface area (Å²) in [7, 11) is 0. The lowest BCUT2D eigenvalue weighted by atomic mass is 10.3. The van der Waals surface area contributed by atoms with Crippen LogP contribution in [0.4, 0.5) is 18.9 Å². The molecule has 2 rings (SSSR count). The summed E-state index contributed by atoms with van der Waals surface area (Å²) >= 11 is 1.60. The first-order chi connectivity index (χ1) is 8.92. The number of hydrogen-bond acceptors (Lipinski definition) is 3. The van der Waals surface area contributed by atoms with Gasteiger partial charge in [0.2, 0.25) is 0 Å². The van der Waals surface area contributed by atoms with Crippen LogP contribution in [0.3, 0.4) is 0 Å². The van der Waals surface area contributed by atoms with Gasteiger partial charge in [-0.25, -0.2) is 0 Å². The van der Waals surface area contributed by atoms with Gasteiger partial charge in [-0.05, 0) is 55.1 Å². The van der Waals surface area contributed by atoms with Gasteiger partial charge < -0.3 is 5.32 Å². The van der Waals surface area contributed by atoms with Crippen molar-refractivity contribution in [2.45, 2.75) is 23.9 Å². The highest BCUT2D eigenvalue weighted by Crippen LogP contribution is 2.37. The van der Waals surface area contributed by atoms with Gasteiger partial charge in [-0.2, -0.15) is 13.2 Å². The van der Waals surface area contributed by atoms with Gasteiger partial charge in [0, 0.05) is 26.9 Å². The van der Waals surface area contributed by atoms with E-state index in [0.717, 1.165) is 5.69 Å². The number of anilines is 1. The van der Waals surface area contributed by atoms with Crippen molar-refractivity contribution in [2.75, 3.05) is 5.32 Å². The van der Waals surface area contributed by atoms with Gasteiger partial charge in [-0.1, -0.05) is 0 Å². The molecule has 1 N–H and O–H groups in total. The lowest BCUT2D eigenvalue weighted by Crippen LogP contribution is -2.00. The molecule has 0 aliphatic carbocycles. The van der Waals surface area contributed by atoms with E-state index in [1.165, 1.54) is 21.9 Å². The molecule has 0 atom stereocenters. The number of benzene rings is 1. The number of halogens is 3. The zero-order valence-corrected chi connectivity index (χ0v) is 11.8. The van der Waals surface area contributed by atoms with Crippen LogP contribution >= 0.6 is 23.1 Å². The number of rotatable bonds is 4. The third-order valence-electron chi connectivity index (χ3n) is 2.35. The van der Waals surface area contributed by atoms with Crippen LogP contribution in [0.2, 0.25) is 0 Å². The molecule has 0 bridgehead atoms. The zero-order chi connectivity index (χ0) is 13.9. The van der Waals surface area contributed by atoms with Crippen LogP contribution in [0.5, 0.6) is 0 Å². The largest absolute Gasteiger partial charge is 0.446 e. The predicted molar refractivity (Wildman–Crippen MR) is 74.7 cm³/mol. The average Bonchev–Trinajstić information content (AvgIpc) is 2.72. The Balaban J connectivity index is 1.91. The summed E-state index contributed by atoms with van der Waals surface area (Å²) in [5.41, 5.74) is -3.42. The number of aryl methyl sites for hydroxylation is 1. The molecule has 0 radical (unpaired) electrons. The van der Waals surface area contributed by atoms with Crippen LogP contribution in [0.15, 0.2) is 41.3 Å². The Kier molecular flexibility index (Phi) is 4.42. The molecule has 1 aromatic carbocycles. The van der Waals surface area contributed by atoms with Crippen LogP contribution in [0.25, 0.3) is 0 Å². The van der Waals surface area contributed by atoms with E-state index in [2.05, 4.69) is 5.32 Å². The van der Waals surface area contributed by atoms with Gasteiger partial charge in [0.15, 0.2) is 0 Å². The Hall–Kier alpha value is -1.14. The van der Waals surface area contributed by atoms with Crippen LogP contribution in [-0.4, -0.2) is 5.51 Å². The number of alkyl halides is 3. The van der Waals surface area contributed by atoms with Crippen molar-refractivity contribution in [3.8, 4) is 0 Å². The van der Waals surface area contributed by atoms with E-state index in [4.69, 9.17) is 0 Å². The van der Waals surface area contributed by atoms with Gasteiger partial charge in [0.05, 0.1) is 0 Å². The van der Waals surface area contributed by atoms with Crippen LogP contribution in [0, 0.1) is 6.92 Å². The zero-order valence-electron chi connectivity index (χ0n) is 10.1. The molecule has 0 spiro atoms. The van der Waals surface area contributed by atoms with Crippen molar-refractivity contribution < 1.29 is 13.2 Å². The van der Waals surface area contributed by atoms with Crippen molar-refractivity contribution in [1.29, 1.82) is 0 Å². The summed E-state index contributed by atoms with van der Waals surface area (Å²) in [6, 6.07) is 10.4. The van der Waals surface area contributed by atoms with Crippen molar-refractivity contribution in [3.05, 3.63) is 46.2 Å². The minimum atomic E-state index is -4.23. The summed E-state index contributed by atoms with van der Waals surface area (Å²) < 4.78 is 36.5. The van der Waals surface area contributed by atoms with Crippen LogP contribution in [-0.2, 0) is 6.54 Å². The Bertz CT molecular complexity index is 532. The average molecular weight is 303 g/mol. The first-order valence-corrected chi connectivity index (χ1v) is 7.21. The fourth-order valence-corrected chi connectivity index (χ4v) is 2.91. The summed E-state index contributed by atoms with van der Waals surface area (Å²) in [5.74, 6) is 0. The van der Waals surface area contributed by atoms with Crippen molar-refractivity contribution in [2.24, 2.45) is 0 Å². The fraction of sp³-hybridized carbons (Fsp3) is 0.231. The highest BCUT2D eigenvalue weighted by atomic mass is 32.2. The van der Waals surface area contributed by atoms with Gasteiger partial charge in [0.25, 0.3) is 0 Å². The van der Waals surface area contributed by atoms with Gasteiger partial charge in [0.1, 0.15) is 0 Å². The molecule has 2 aromatic rings. The molecule has 0 aliphatic rings. The minimum absolute atomic E-state index is 0.0985. The number of thiophene rings is 1. The molecule has 0 unspecified atom stereocenters. The third-order valence-corrected chi connectivity index (χ3v) is 4.09. The molecule has 102 valence electrons. The van der Waals surface area contributed by atoms with Crippen molar-refractivity contribution >= 4 is 28.8 Å². The molecule has 6 heteroatoms. The standard InChI is InChI=1S/C13H12F3NS2/c1-9-2-5-12(18-9)8-17-10-3-6-11(7-4-10)19-13(14,15)16/h2-7,17H,8H2,1H3. The number of nitrogens with one attached hydrogen (secondary N) is 1. The van der Waals surface area contributed by atoms with Crippen molar-refractivity contribution in [3.63, 3.8) is 0 Å². The molecular weight excluding hydrogens is 291 g/mol. The maximum Gasteiger partial charge on any atom is 0.446 e. The molecule has 0 saturated carbocycles. The second kappa shape index (κ2) is 5.88. The van der Waals surface area contributed by atoms with E-state index >= 15 is 0 Å². The van der Waals surface area contributed by atoms with Crippen LogP contribution < -0.4 is 5.32 Å². The molecule has 0 amide bonds. The Labute approximate surface area is 117 Å². The minimum Gasteiger partial charge on any atom is -0.380 e. The van der Waals surface area contributed by atoms with E-state index in [0.29, 0.717) is 6.54 Å². The highest BCUT2D eigenvalue weighted by molar-refractivity contribution is 8.00. The normalized spacial score (nSPS) is 11.6. The van der Waals surface area contributed by atoms with Gasteiger partial charge >= 0.3 is 5.51 Å². The Morgan fingerprint density at radius 2 is 1.79 bits per heavy atom. The molecule has 0 aliphatic heterocycles. The highest BCUT2D eigenvalue weighted by Gasteiger charge is 2.28. The second-order valence-corrected chi connectivity index (χ2v) is 6.45. The topological polar surface area (TPSA) is 12.0 Å². The Morgan fingerprint density at radius 1 is 1.11 bits per heavy atom. The molecule has 0 saturated heterocycles. The number of thioether (sulfide) groups is 1. The molecule has 0 fully saturated rings. The quantitative estimate of drug-likeness (QED) is 0.771. The predicted octanol–water partition coefficient (Wildman–Crippen LogP) is 5.28. The first-order valence-electron chi connectivity index (χ1n) is 5.57. The maximum absolute atomic E-state index is 12.2. The first kappa shape index (κ1) is 14.3. The van der Waals surface area contributed by atoms with Crippen molar-refractivity contribution in [1.82, 2.24) is 0 Å². The fourth-order valence-electron chi connectivity index (χ4n) is 1.54. The number of hydrogen-bond donors (Lipinski definition) is 1. The smallest absolute Gasteiger partial charge is 0.380 e. The third kappa shape index (κ3) is 4.80. The van der Waals surface area contributed by atoms with E-state index < -0.39 is 5.51 Å². The van der Waals surface area contributed by atoms with Gasteiger partial charge in [-0.3, -0.25) is 0 Å². The maximum atomic E-state index is 12.2. The SMILES string of the molecule is Cc1ccc(CNc2ccc(SC(F)(F)F)cc2)s1. The molecule has 19 heavy (non-hydrogen) atoms. The second-order valence-electron chi connectivity index (χ2n) is 3.94. The molecule has 1 aromatic heterocycles. The van der Waals surface area contributed by atoms with E-state index in [1.807, 2.05) is 19.1 Å². The molecule has 1 heterocycles. The summed E-state index contributed by atoms with van der Waals surface area (Å²) in [6.45, 7) is 2.72. The van der Waals surface area contributed by atoms with E-state index in [1.54, 1.807) is 23.5 Å². The summed E-state index contributed by atoms with van der Waals surface area (Å²) in [6.07, 6.45) is 0. The molecular formula is C13H12F3NS2. The lowest BCUT2D eigenvalue weighted by molar-refractivity contribution is -0.0328. The summed E-state index contributed by atoms with van der Waals surface area (Å²) in [5, 5.41) is 3.18. The van der Waals surface area contributed by atoms with E-state index in [9.17, 15) is 13.2 Å². The van der Waals surface area contributed by atoms with Gasteiger partial charge in [-0.15, -0.1) is 11.3 Å². The molecule has 1 nitrogen and oxygen atoms in total.